The second kappa shape index (κ2) is 7.05. The molecule has 2 aromatic rings. The van der Waals surface area contributed by atoms with E-state index in [1.165, 1.54) is 0 Å². The SMILES string of the molecule is CCOc1ccc(Br)cc1C(NC)c1ccc(C)c(F)c1. The van der Waals surface area contributed by atoms with Gasteiger partial charge in [-0.2, -0.15) is 0 Å². The number of benzene rings is 2. The quantitative estimate of drug-likeness (QED) is 0.849. The summed E-state index contributed by atoms with van der Waals surface area (Å²) in [6.07, 6.45) is 0. The molecule has 0 saturated heterocycles. The van der Waals surface area contributed by atoms with Crippen molar-refractivity contribution in [2.45, 2.75) is 19.9 Å². The molecule has 0 aromatic heterocycles. The van der Waals surface area contributed by atoms with Crippen molar-refractivity contribution in [3.8, 4) is 5.75 Å². The van der Waals surface area contributed by atoms with Crippen LogP contribution in [0.15, 0.2) is 40.9 Å². The van der Waals surface area contributed by atoms with E-state index in [1.807, 2.05) is 38.2 Å². The molecule has 2 aromatic carbocycles. The van der Waals surface area contributed by atoms with Crippen LogP contribution < -0.4 is 10.1 Å². The van der Waals surface area contributed by atoms with E-state index in [0.29, 0.717) is 12.2 Å². The Kier molecular flexibility index (Phi) is 5.37. The Morgan fingerprint density at radius 2 is 2.00 bits per heavy atom. The lowest BCUT2D eigenvalue weighted by atomic mass is 9.97. The fourth-order valence-corrected chi connectivity index (χ4v) is 2.70. The average molecular weight is 352 g/mol. The summed E-state index contributed by atoms with van der Waals surface area (Å²) < 4.78 is 20.5. The highest BCUT2D eigenvalue weighted by Gasteiger charge is 2.18. The molecule has 0 bridgehead atoms. The Morgan fingerprint density at radius 1 is 1.24 bits per heavy atom. The van der Waals surface area contributed by atoms with Crippen molar-refractivity contribution >= 4 is 15.9 Å². The van der Waals surface area contributed by atoms with Crippen molar-refractivity contribution < 1.29 is 9.13 Å². The lowest BCUT2D eigenvalue weighted by Gasteiger charge is -2.21. The monoisotopic (exact) mass is 351 g/mol. The second-order valence-corrected chi connectivity index (χ2v) is 5.76. The molecule has 2 rings (SSSR count). The molecule has 4 heteroatoms. The largest absolute Gasteiger partial charge is 0.494 e. The van der Waals surface area contributed by atoms with E-state index in [9.17, 15) is 4.39 Å². The molecule has 0 aliphatic rings. The Morgan fingerprint density at radius 3 is 2.62 bits per heavy atom. The van der Waals surface area contributed by atoms with Gasteiger partial charge in [-0.05, 0) is 56.3 Å². The summed E-state index contributed by atoms with van der Waals surface area (Å²) in [4.78, 5) is 0. The highest BCUT2D eigenvalue weighted by Crippen LogP contribution is 2.33. The standard InChI is InChI=1S/C17H19BrFNO/c1-4-21-16-8-7-13(18)10-14(16)17(20-3)12-6-5-11(2)15(19)9-12/h5-10,17,20H,4H2,1-3H3. The number of hydrogen-bond donors (Lipinski definition) is 1. The first-order chi connectivity index (χ1) is 10.1. The van der Waals surface area contributed by atoms with Crippen molar-refractivity contribution in [3.63, 3.8) is 0 Å². The van der Waals surface area contributed by atoms with E-state index in [4.69, 9.17) is 4.74 Å². The van der Waals surface area contributed by atoms with Gasteiger partial charge < -0.3 is 10.1 Å². The third-order valence-electron chi connectivity index (χ3n) is 3.40. The second-order valence-electron chi connectivity index (χ2n) is 4.85. The molecular formula is C17H19BrFNO. The highest BCUT2D eigenvalue weighted by molar-refractivity contribution is 9.10. The maximum atomic E-state index is 13.9. The van der Waals surface area contributed by atoms with Crippen molar-refractivity contribution in [1.82, 2.24) is 5.32 Å². The lowest BCUT2D eigenvalue weighted by Crippen LogP contribution is -2.19. The molecule has 0 aliphatic heterocycles. The average Bonchev–Trinajstić information content (AvgIpc) is 2.46. The summed E-state index contributed by atoms with van der Waals surface area (Å²) >= 11 is 3.49. The first kappa shape index (κ1) is 16.0. The number of halogens is 2. The molecule has 0 radical (unpaired) electrons. The Labute approximate surface area is 133 Å². The zero-order chi connectivity index (χ0) is 15.4. The smallest absolute Gasteiger partial charge is 0.126 e. The van der Waals surface area contributed by atoms with Crippen LogP contribution >= 0.6 is 15.9 Å². The third-order valence-corrected chi connectivity index (χ3v) is 3.89. The predicted molar refractivity (Wildman–Crippen MR) is 87.4 cm³/mol. The van der Waals surface area contributed by atoms with Crippen molar-refractivity contribution in [3.05, 3.63) is 63.4 Å². The van der Waals surface area contributed by atoms with Gasteiger partial charge in [-0.3, -0.25) is 0 Å². The van der Waals surface area contributed by atoms with Gasteiger partial charge in [0.1, 0.15) is 11.6 Å². The van der Waals surface area contributed by atoms with Crippen LogP contribution in [0.5, 0.6) is 5.75 Å². The van der Waals surface area contributed by atoms with E-state index >= 15 is 0 Å². The van der Waals surface area contributed by atoms with E-state index in [0.717, 1.165) is 21.3 Å². The van der Waals surface area contributed by atoms with Gasteiger partial charge in [0.25, 0.3) is 0 Å². The van der Waals surface area contributed by atoms with Gasteiger partial charge in [0, 0.05) is 10.0 Å². The first-order valence-corrected chi connectivity index (χ1v) is 7.71. The number of hydrogen-bond acceptors (Lipinski definition) is 2. The lowest BCUT2D eigenvalue weighted by molar-refractivity contribution is 0.334. The predicted octanol–water partition coefficient (Wildman–Crippen LogP) is 4.60. The van der Waals surface area contributed by atoms with Gasteiger partial charge in [-0.25, -0.2) is 4.39 Å². The Hall–Kier alpha value is -1.39. The minimum atomic E-state index is -0.194. The summed E-state index contributed by atoms with van der Waals surface area (Å²) in [5.74, 6) is 0.613. The van der Waals surface area contributed by atoms with Crippen LogP contribution in [-0.2, 0) is 0 Å². The fourth-order valence-electron chi connectivity index (χ4n) is 2.32. The van der Waals surface area contributed by atoms with E-state index in [2.05, 4.69) is 21.2 Å². The van der Waals surface area contributed by atoms with Crippen LogP contribution in [0.1, 0.15) is 29.7 Å². The van der Waals surface area contributed by atoms with E-state index in [1.54, 1.807) is 19.1 Å². The molecule has 1 unspecified atom stereocenters. The summed E-state index contributed by atoms with van der Waals surface area (Å²) in [6, 6.07) is 11.1. The van der Waals surface area contributed by atoms with Crippen LogP contribution in [0.2, 0.25) is 0 Å². The molecule has 2 nitrogen and oxygen atoms in total. The summed E-state index contributed by atoms with van der Waals surface area (Å²) in [7, 11) is 1.86. The van der Waals surface area contributed by atoms with Gasteiger partial charge >= 0.3 is 0 Å². The molecule has 112 valence electrons. The molecule has 1 N–H and O–H groups in total. The summed E-state index contributed by atoms with van der Waals surface area (Å²) in [5.41, 5.74) is 2.50. The molecule has 0 fully saturated rings. The topological polar surface area (TPSA) is 21.3 Å². The van der Waals surface area contributed by atoms with Gasteiger partial charge in [0.2, 0.25) is 0 Å². The molecule has 0 amide bonds. The minimum Gasteiger partial charge on any atom is -0.494 e. The van der Waals surface area contributed by atoms with Gasteiger partial charge in [0.05, 0.1) is 12.6 Å². The molecule has 0 saturated carbocycles. The molecule has 0 spiro atoms. The summed E-state index contributed by atoms with van der Waals surface area (Å²) in [5, 5.41) is 3.24. The maximum Gasteiger partial charge on any atom is 0.126 e. The first-order valence-electron chi connectivity index (χ1n) is 6.92. The van der Waals surface area contributed by atoms with Crippen molar-refractivity contribution in [2.75, 3.05) is 13.7 Å². The number of rotatable bonds is 5. The Balaban J connectivity index is 2.49. The zero-order valence-electron chi connectivity index (χ0n) is 12.4. The molecule has 21 heavy (non-hydrogen) atoms. The number of nitrogens with one attached hydrogen (secondary N) is 1. The van der Waals surface area contributed by atoms with Crippen LogP contribution in [0.25, 0.3) is 0 Å². The molecule has 0 heterocycles. The number of ether oxygens (including phenoxy) is 1. The van der Waals surface area contributed by atoms with E-state index in [-0.39, 0.29) is 11.9 Å². The van der Waals surface area contributed by atoms with Crippen LogP contribution in [-0.4, -0.2) is 13.7 Å². The third kappa shape index (κ3) is 3.63. The van der Waals surface area contributed by atoms with Gasteiger partial charge in [-0.1, -0.05) is 28.1 Å². The highest BCUT2D eigenvalue weighted by atomic mass is 79.9. The number of aryl methyl sites for hydroxylation is 1. The molecule has 1 atom stereocenters. The maximum absolute atomic E-state index is 13.9. The van der Waals surface area contributed by atoms with Gasteiger partial charge in [-0.15, -0.1) is 0 Å². The van der Waals surface area contributed by atoms with Gasteiger partial charge in [0.15, 0.2) is 0 Å². The minimum absolute atomic E-state index is 0.126. The van der Waals surface area contributed by atoms with Crippen molar-refractivity contribution in [2.24, 2.45) is 0 Å². The Bertz CT molecular complexity index is 630. The van der Waals surface area contributed by atoms with Crippen LogP contribution in [0.3, 0.4) is 0 Å². The molecule has 0 aliphatic carbocycles. The normalized spacial score (nSPS) is 12.2. The summed E-state index contributed by atoms with van der Waals surface area (Å²) in [6.45, 7) is 4.30. The molecular weight excluding hydrogens is 333 g/mol. The zero-order valence-corrected chi connectivity index (χ0v) is 14.0. The van der Waals surface area contributed by atoms with E-state index < -0.39 is 0 Å². The van der Waals surface area contributed by atoms with Crippen molar-refractivity contribution in [1.29, 1.82) is 0 Å². The fraction of sp³-hybridized carbons (Fsp3) is 0.294. The van der Waals surface area contributed by atoms with Crippen LogP contribution in [0, 0.1) is 12.7 Å². The van der Waals surface area contributed by atoms with Crippen LogP contribution in [0.4, 0.5) is 4.39 Å².